The number of nitrogens with zero attached hydrogens (tertiary/aromatic N) is 3. The van der Waals surface area contributed by atoms with E-state index in [1.165, 1.54) is 16.7 Å². The number of H-pyrrole nitrogens is 1. The van der Waals surface area contributed by atoms with Crippen molar-refractivity contribution in [1.82, 2.24) is 14.5 Å². The van der Waals surface area contributed by atoms with Crippen LogP contribution in [0.1, 0.15) is 27.0 Å². The Hall–Kier alpha value is -4.17. The van der Waals surface area contributed by atoms with Gasteiger partial charge in [-0.1, -0.05) is 23.7 Å². The number of phenols is 1. The van der Waals surface area contributed by atoms with Gasteiger partial charge in [0.25, 0.3) is 11.5 Å². The van der Waals surface area contributed by atoms with E-state index in [0.717, 1.165) is 16.1 Å². The molecule has 9 heteroatoms. The predicted octanol–water partition coefficient (Wildman–Crippen LogP) is 3.29. The molecule has 0 atom stereocenters. The Labute approximate surface area is 205 Å². The molecule has 176 valence electrons. The minimum Gasteiger partial charge on any atom is -0.508 e. The Kier molecular flexibility index (Phi) is 5.74. The normalized spacial score (nSPS) is 13.7. The quantitative estimate of drug-likeness (QED) is 0.297. The molecule has 5 rings (SSSR count). The van der Waals surface area contributed by atoms with Crippen LogP contribution in [0.2, 0.25) is 5.02 Å². The van der Waals surface area contributed by atoms with Crippen molar-refractivity contribution >= 4 is 34.4 Å². The molecule has 8 nitrogen and oxygen atoms in total. The number of hydrogen-bond acceptors (Lipinski definition) is 5. The standard InChI is InChI=1S/C26H22ClN5O3/c1-29-24(15-5-8-18(33)9-6-15)32-22-10-7-16(13-21(22)30-25(34)23(32)28)26(35)31-12-11-19-17(14-31)3-2-4-20(19)27/h2-10,13,28,33H,11-12,14H2,1H3,(H,30,34). The molecule has 0 aliphatic carbocycles. The SMILES string of the molecule is CN=C(c1ccc(O)cc1)n1c(=N)c(=O)[nH]c2cc(C(=O)N3CCc4c(Cl)cccc4C3)ccc21. The fourth-order valence-electron chi connectivity index (χ4n) is 4.48. The van der Waals surface area contributed by atoms with Crippen LogP contribution in [0.25, 0.3) is 11.0 Å². The zero-order chi connectivity index (χ0) is 24.7. The van der Waals surface area contributed by atoms with Gasteiger partial charge in [-0.3, -0.25) is 24.6 Å². The van der Waals surface area contributed by atoms with Crippen molar-refractivity contribution in [3.8, 4) is 5.75 Å². The molecule has 0 bridgehead atoms. The second-order valence-corrected chi connectivity index (χ2v) is 8.73. The Morgan fingerprint density at radius 3 is 2.60 bits per heavy atom. The fraction of sp³-hybridized carbons (Fsp3) is 0.154. The van der Waals surface area contributed by atoms with Crippen LogP contribution in [0.15, 0.2) is 70.5 Å². The third-order valence-electron chi connectivity index (χ3n) is 6.22. The Bertz CT molecular complexity index is 1620. The van der Waals surface area contributed by atoms with Crippen molar-refractivity contribution < 1.29 is 9.90 Å². The smallest absolute Gasteiger partial charge is 0.291 e. The summed E-state index contributed by atoms with van der Waals surface area (Å²) >= 11 is 6.31. The lowest BCUT2D eigenvalue weighted by Gasteiger charge is -2.29. The highest BCUT2D eigenvalue weighted by molar-refractivity contribution is 6.31. The number of aromatic hydroxyl groups is 1. The number of aromatic nitrogens is 2. The van der Waals surface area contributed by atoms with Gasteiger partial charge in [-0.2, -0.15) is 0 Å². The monoisotopic (exact) mass is 487 g/mol. The summed E-state index contributed by atoms with van der Waals surface area (Å²) in [4.78, 5) is 34.8. The summed E-state index contributed by atoms with van der Waals surface area (Å²) in [7, 11) is 1.57. The Morgan fingerprint density at radius 2 is 1.86 bits per heavy atom. The topological polar surface area (TPSA) is 115 Å². The van der Waals surface area contributed by atoms with Crippen LogP contribution in [0.3, 0.4) is 0 Å². The molecule has 1 aliphatic rings. The number of aliphatic imine (C=N–C) groups is 1. The number of fused-ring (bicyclic) bond motifs is 2. The first-order valence-corrected chi connectivity index (χ1v) is 11.4. The van der Waals surface area contributed by atoms with E-state index in [0.29, 0.717) is 47.5 Å². The van der Waals surface area contributed by atoms with Crippen LogP contribution in [-0.2, 0) is 13.0 Å². The minimum atomic E-state index is -0.608. The predicted molar refractivity (Wildman–Crippen MR) is 134 cm³/mol. The zero-order valence-electron chi connectivity index (χ0n) is 18.9. The molecule has 1 aromatic heterocycles. The minimum absolute atomic E-state index is 0.0989. The first-order chi connectivity index (χ1) is 16.9. The van der Waals surface area contributed by atoms with Gasteiger partial charge in [-0.15, -0.1) is 0 Å². The maximum Gasteiger partial charge on any atom is 0.291 e. The van der Waals surface area contributed by atoms with Crippen LogP contribution < -0.4 is 11.0 Å². The van der Waals surface area contributed by atoms with E-state index < -0.39 is 5.56 Å². The van der Waals surface area contributed by atoms with Gasteiger partial charge in [-0.05, 0) is 66.1 Å². The molecule has 0 spiro atoms. The van der Waals surface area contributed by atoms with Gasteiger partial charge in [0.2, 0.25) is 0 Å². The zero-order valence-corrected chi connectivity index (χ0v) is 19.6. The van der Waals surface area contributed by atoms with E-state index in [9.17, 15) is 14.7 Å². The highest BCUT2D eigenvalue weighted by Crippen LogP contribution is 2.27. The molecule has 4 aromatic rings. The van der Waals surface area contributed by atoms with Crippen molar-refractivity contribution in [1.29, 1.82) is 5.41 Å². The van der Waals surface area contributed by atoms with Crippen LogP contribution in [0.5, 0.6) is 5.75 Å². The first kappa shape index (κ1) is 22.6. The van der Waals surface area contributed by atoms with Crippen molar-refractivity contribution in [3.63, 3.8) is 0 Å². The van der Waals surface area contributed by atoms with Gasteiger partial charge in [0.1, 0.15) is 11.6 Å². The summed E-state index contributed by atoms with van der Waals surface area (Å²) < 4.78 is 1.44. The van der Waals surface area contributed by atoms with Crippen molar-refractivity contribution in [2.45, 2.75) is 13.0 Å². The van der Waals surface area contributed by atoms with Gasteiger partial charge >= 0.3 is 0 Å². The molecule has 2 heterocycles. The summed E-state index contributed by atoms with van der Waals surface area (Å²) in [6.07, 6.45) is 0.677. The fourth-order valence-corrected chi connectivity index (χ4v) is 4.76. The average Bonchev–Trinajstić information content (AvgIpc) is 2.87. The number of halogens is 1. The highest BCUT2D eigenvalue weighted by Gasteiger charge is 2.24. The molecule has 0 fully saturated rings. The van der Waals surface area contributed by atoms with Gasteiger partial charge in [0, 0.05) is 36.3 Å². The van der Waals surface area contributed by atoms with Gasteiger partial charge in [0.05, 0.1) is 11.0 Å². The number of rotatable bonds is 2. The molecule has 3 N–H and O–H groups in total. The van der Waals surface area contributed by atoms with Gasteiger partial charge < -0.3 is 15.0 Å². The van der Waals surface area contributed by atoms with Crippen molar-refractivity contribution in [2.24, 2.45) is 4.99 Å². The van der Waals surface area contributed by atoms with Crippen LogP contribution >= 0.6 is 11.6 Å². The molecule has 0 unspecified atom stereocenters. The lowest BCUT2D eigenvalue weighted by atomic mass is 9.99. The molecular weight excluding hydrogens is 466 g/mol. The summed E-state index contributed by atoms with van der Waals surface area (Å²) in [5, 5.41) is 18.7. The second-order valence-electron chi connectivity index (χ2n) is 8.32. The summed E-state index contributed by atoms with van der Waals surface area (Å²) in [6, 6.07) is 17.1. The van der Waals surface area contributed by atoms with E-state index in [4.69, 9.17) is 17.0 Å². The third kappa shape index (κ3) is 4.02. The van der Waals surface area contributed by atoms with Crippen LogP contribution in [0.4, 0.5) is 0 Å². The van der Waals surface area contributed by atoms with Gasteiger partial charge in [-0.25, -0.2) is 0 Å². The van der Waals surface area contributed by atoms with Crippen molar-refractivity contribution in [2.75, 3.05) is 13.6 Å². The average molecular weight is 488 g/mol. The van der Waals surface area contributed by atoms with E-state index in [1.807, 2.05) is 18.2 Å². The number of amides is 1. The summed E-state index contributed by atoms with van der Waals surface area (Å²) in [5.74, 6) is 0.319. The van der Waals surface area contributed by atoms with Crippen LogP contribution in [0, 0.1) is 5.41 Å². The number of nitrogens with one attached hydrogen (secondary N) is 2. The molecule has 0 radical (unpaired) electrons. The lowest BCUT2D eigenvalue weighted by Crippen LogP contribution is -2.40. The number of hydrogen-bond donors (Lipinski definition) is 3. The Balaban J connectivity index is 1.56. The van der Waals surface area contributed by atoms with E-state index in [-0.39, 0.29) is 17.1 Å². The number of carbonyl (C=O) groups is 1. The highest BCUT2D eigenvalue weighted by atomic mass is 35.5. The molecule has 3 aromatic carbocycles. The van der Waals surface area contributed by atoms with Crippen molar-refractivity contribution in [3.05, 3.63) is 104 Å². The molecule has 35 heavy (non-hydrogen) atoms. The molecule has 0 saturated carbocycles. The third-order valence-corrected chi connectivity index (χ3v) is 6.57. The maximum absolute atomic E-state index is 13.3. The lowest BCUT2D eigenvalue weighted by molar-refractivity contribution is 0.0735. The van der Waals surface area contributed by atoms with Gasteiger partial charge in [0.15, 0.2) is 5.49 Å². The number of benzene rings is 3. The molecule has 0 saturated heterocycles. The van der Waals surface area contributed by atoms with Crippen LogP contribution in [-0.4, -0.2) is 44.9 Å². The summed E-state index contributed by atoms with van der Waals surface area (Å²) in [5.41, 5.74) is 3.20. The van der Waals surface area contributed by atoms with E-state index in [2.05, 4.69) is 9.98 Å². The first-order valence-electron chi connectivity index (χ1n) is 11.0. The molecule has 1 aliphatic heterocycles. The largest absolute Gasteiger partial charge is 0.508 e. The summed E-state index contributed by atoms with van der Waals surface area (Å²) in [6.45, 7) is 1.01. The number of phenolic OH excluding ortho intramolecular Hbond substituents is 1. The molecular formula is C26H22ClN5O3. The maximum atomic E-state index is 13.3. The number of carbonyl (C=O) groups excluding carboxylic acids is 1. The molecule has 1 amide bonds. The van der Waals surface area contributed by atoms with E-state index in [1.54, 1.807) is 42.3 Å². The van der Waals surface area contributed by atoms with E-state index >= 15 is 0 Å². The second kappa shape index (κ2) is 8.88. The number of aromatic amines is 1. The Morgan fingerprint density at radius 1 is 1.11 bits per heavy atom.